The first-order chi connectivity index (χ1) is 11.1. The zero-order valence-electron chi connectivity index (χ0n) is 12.1. The van der Waals surface area contributed by atoms with Crippen molar-refractivity contribution in [3.63, 3.8) is 0 Å². The van der Waals surface area contributed by atoms with Gasteiger partial charge < -0.3 is 10.0 Å². The molecule has 0 saturated carbocycles. The zero-order chi connectivity index (χ0) is 16.4. The van der Waals surface area contributed by atoms with Crippen molar-refractivity contribution in [1.29, 1.82) is 0 Å². The van der Waals surface area contributed by atoms with Gasteiger partial charge in [-0.25, -0.2) is 19.2 Å². The predicted octanol–water partition coefficient (Wildman–Crippen LogP) is 1.97. The molecule has 0 unspecified atom stereocenters. The summed E-state index contributed by atoms with van der Waals surface area (Å²) in [6.45, 7) is 0.323. The molecule has 1 atom stereocenters. The van der Waals surface area contributed by atoms with Crippen LogP contribution in [0.25, 0.3) is 11.1 Å². The summed E-state index contributed by atoms with van der Waals surface area (Å²) in [7, 11) is 0. The van der Waals surface area contributed by atoms with Crippen molar-refractivity contribution in [3.05, 3.63) is 48.3 Å². The van der Waals surface area contributed by atoms with E-state index in [4.69, 9.17) is 5.11 Å². The van der Waals surface area contributed by atoms with Gasteiger partial charge in [0, 0.05) is 24.5 Å². The Labute approximate surface area is 131 Å². The number of benzene rings is 1. The number of carbonyl (C=O) groups excluding carboxylic acids is 1. The summed E-state index contributed by atoms with van der Waals surface area (Å²) in [5.74, 6) is -2.34. The lowest BCUT2D eigenvalue weighted by atomic mass is 10.1. The molecular weight excluding hydrogens is 301 g/mol. The first kappa shape index (κ1) is 15.1. The Balaban J connectivity index is 1.89. The lowest BCUT2D eigenvalue weighted by Crippen LogP contribution is -2.40. The van der Waals surface area contributed by atoms with Gasteiger partial charge in [0.1, 0.15) is 18.2 Å². The van der Waals surface area contributed by atoms with Gasteiger partial charge in [-0.15, -0.1) is 0 Å². The highest BCUT2D eigenvalue weighted by molar-refractivity contribution is 5.97. The molecule has 0 aliphatic carbocycles. The van der Waals surface area contributed by atoms with Gasteiger partial charge in [-0.1, -0.05) is 6.07 Å². The average molecular weight is 315 g/mol. The minimum absolute atomic E-state index is 0.126. The molecule has 1 aliphatic heterocycles. The van der Waals surface area contributed by atoms with Gasteiger partial charge >= 0.3 is 5.97 Å². The standard InChI is InChI=1S/C16H14FN3O3/c17-13-6-10(11-7-18-9-19-8-11)3-4-12(13)15(21)20-5-1-2-14(20)16(22)23/h3-4,6-9,14H,1-2,5H2,(H,22,23)/t14-/m1/s1. The quantitative estimate of drug-likeness (QED) is 0.936. The number of likely N-dealkylation sites (tertiary alicyclic amines) is 1. The van der Waals surface area contributed by atoms with Gasteiger partial charge in [-0.05, 0) is 30.5 Å². The summed E-state index contributed by atoms with van der Waals surface area (Å²) in [5.41, 5.74) is 1.06. The van der Waals surface area contributed by atoms with E-state index in [1.807, 2.05) is 0 Å². The molecule has 23 heavy (non-hydrogen) atoms. The monoisotopic (exact) mass is 315 g/mol. The van der Waals surface area contributed by atoms with E-state index in [9.17, 15) is 14.0 Å². The van der Waals surface area contributed by atoms with Crippen LogP contribution >= 0.6 is 0 Å². The minimum atomic E-state index is -1.06. The highest BCUT2D eigenvalue weighted by Crippen LogP contribution is 2.24. The van der Waals surface area contributed by atoms with E-state index in [1.165, 1.54) is 23.4 Å². The molecule has 2 heterocycles. The van der Waals surface area contributed by atoms with Crippen LogP contribution < -0.4 is 0 Å². The summed E-state index contributed by atoms with van der Waals surface area (Å²) < 4.78 is 14.3. The number of carbonyl (C=O) groups is 2. The molecule has 3 rings (SSSR count). The van der Waals surface area contributed by atoms with Crippen molar-refractivity contribution in [2.24, 2.45) is 0 Å². The Morgan fingerprint density at radius 1 is 1.22 bits per heavy atom. The third kappa shape index (κ3) is 2.90. The molecular formula is C16H14FN3O3. The fourth-order valence-corrected chi connectivity index (χ4v) is 2.74. The number of carboxylic acid groups (broad SMARTS) is 1. The van der Waals surface area contributed by atoms with E-state index in [1.54, 1.807) is 18.5 Å². The summed E-state index contributed by atoms with van der Waals surface area (Å²) in [4.78, 5) is 32.5. The first-order valence-corrected chi connectivity index (χ1v) is 7.16. The molecule has 1 saturated heterocycles. The van der Waals surface area contributed by atoms with Gasteiger partial charge in [0.25, 0.3) is 5.91 Å². The lowest BCUT2D eigenvalue weighted by molar-refractivity contribution is -0.141. The number of amides is 1. The number of aromatic nitrogens is 2. The number of carboxylic acids is 1. The Morgan fingerprint density at radius 3 is 2.61 bits per heavy atom. The van der Waals surface area contributed by atoms with Crippen molar-refractivity contribution in [2.45, 2.75) is 18.9 Å². The molecule has 1 aromatic heterocycles. The van der Waals surface area contributed by atoms with Crippen LogP contribution in [0.1, 0.15) is 23.2 Å². The van der Waals surface area contributed by atoms with E-state index in [0.29, 0.717) is 30.5 Å². The summed E-state index contributed by atoms with van der Waals surface area (Å²) in [6, 6.07) is 3.32. The maximum absolute atomic E-state index is 14.3. The van der Waals surface area contributed by atoms with Crippen LogP contribution in [-0.2, 0) is 4.79 Å². The van der Waals surface area contributed by atoms with Crippen molar-refractivity contribution in [1.82, 2.24) is 14.9 Å². The third-order valence-electron chi connectivity index (χ3n) is 3.89. The number of hydrogen-bond donors (Lipinski definition) is 1. The molecule has 1 aliphatic rings. The maximum Gasteiger partial charge on any atom is 0.326 e. The summed E-state index contributed by atoms with van der Waals surface area (Å²) in [5, 5.41) is 9.14. The van der Waals surface area contributed by atoms with Crippen LogP contribution in [0.3, 0.4) is 0 Å². The molecule has 6 nitrogen and oxygen atoms in total. The smallest absolute Gasteiger partial charge is 0.326 e. The molecule has 2 aromatic rings. The van der Waals surface area contributed by atoms with Crippen LogP contribution in [0.2, 0.25) is 0 Å². The average Bonchev–Trinajstić information content (AvgIpc) is 3.05. The minimum Gasteiger partial charge on any atom is -0.480 e. The number of halogens is 1. The van der Waals surface area contributed by atoms with Gasteiger partial charge in [0.15, 0.2) is 0 Å². The van der Waals surface area contributed by atoms with Crippen LogP contribution in [0.15, 0.2) is 36.9 Å². The fraction of sp³-hybridized carbons (Fsp3) is 0.250. The molecule has 7 heteroatoms. The van der Waals surface area contributed by atoms with E-state index in [2.05, 4.69) is 9.97 Å². The second kappa shape index (κ2) is 6.12. The predicted molar refractivity (Wildman–Crippen MR) is 79.1 cm³/mol. The van der Waals surface area contributed by atoms with Crippen molar-refractivity contribution < 1.29 is 19.1 Å². The van der Waals surface area contributed by atoms with Crippen LogP contribution in [0.5, 0.6) is 0 Å². The molecule has 0 spiro atoms. The van der Waals surface area contributed by atoms with E-state index < -0.39 is 23.7 Å². The second-order valence-corrected chi connectivity index (χ2v) is 5.32. The van der Waals surface area contributed by atoms with Gasteiger partial charge in [0.2, 0.25) is 0 Å². The van der Waals surface area contributed by atoms with Crippen molar-refractivity contribution >= 4 is 11.9 Å². The molecule has 0 radical (unpaired) electrons. The first-order valence-electron chi connectivity index (χ1n) is 7.16. The Morgan fingerprint density at radius 2 is 1.96 bits per heavy atom. The second-order valence-electron chi connectivity index (χ2n) is 5.32. The largest absolute Gasteiger partial charge is 0.480 e. The Hall–Kier alpha value is -2.83. The van der Waals surface area contributed by atoms with E-state index in [-0.39, 0.29) is 5.56 Å². The topological polar surface area (TPSA) is 83.4 Å². The number of rotatable bonds is 3. The summed E-state index contributed by atoms with van der Waals surface area (Å²) >= 11 is 0. The molecule has 1 aromatic carbocycles. The highest BCUT2D eigenvalue weighted by Gasteiger charge is 2.35. The summed E-state index contributed by atoms with van der Waals surface area (Å²) in [6.07, 6.45) is 5.46. The number of hydrogen-bond acceptors (Lipinski definition) is 4. The van der Waals surface area contributed by atoms with Crippen LogP contribution in [0.4, 0.5) is 4.39 Å². The van der Waals surface area contributed by atoms with Crippen molar-refractivity contribution in [2.75, 3.05) is 6.54 Å². The lowest BCUT2D eigenvalue weighted by Gasteiger charge is -2.21. The van der Waals surface area contributed by atoms with Gasteiger partial charge in [-0.2, -0.15) is 0 Å². The fourth-order valence-electron chi connectivity index (χ4n) is 2.74. The van der Waals surface area contributed by atoms with Gasteiger partial charge in [-0.3, -0.25) is 4.79 Å². The van der Waals surface area contributed by atoms with Crippen LogP contribution in [0, 0.1) is 5.82 Å². The third-order valence-corrected chi connectivity index (χ3v) is 3.89. The molecule has 1 N–H and O–H groups in total. The highest BCUT2D eigenvalue weighted by atomic mass is 19.1. The van der Waals surface area contributed by atoms with Crippen molar-refractivity contribution in [3.8, 4) is 11.1 Å². The molecule has 0 bridgehead atoms. The Bertz CT molecular complexity index is 751. The number of aliphatic carboxylic acids is 1. The van der Waals surface area contributed by atoms with Gasteiger partial charge in [0.05, 0.1) is 5.56 Å². The molecule has 1 amide bonds. The SMILES string of the molecule is O=C(O)[C@H]1CCCN1C(=O)c1ccc(-c2cncnc2)cc1F. The van der Waals surface area contributed by atoms with E-state index in [0.717, 1.165) is 0 Å². The normalized spacial score (nSPS) is 17.3. The zero-order valence-corrected chi connectivity index (χ0v) is 12.1. The maximum atomic E-state index is 14.3. The molecule has 118 valence electrons. The Kier molecular flexibility index (Phi) is 4.01. The van der Waals surface area contributed by atoms with E-state index >= 15 is 0 Å². The van der Waals surface area contributed by atoms with Crippen LogP contribution in [-0.4, -0.2) is 44.4 Å². The number of nitrogens with zero attached hydrogens (tertiary/aromatic N) is 3. The molecule has 1 fully saturated rings.